The van der Waals surface area contributed by atoms with Crippen molar-refractivity contribution in [2.45, 2.75) is 33.3 Å². The molecule has 1 fully saturated rings. The van der Waals surface area contributed by atoms with Crippen LogP contribution in [0.1, 0.15) is 27.7 Å². The highest BCUT2D eigenvalue weighted by atomic mass is 127. The second-order valence-electron chi connectivity index (χ2n) is 9.00. The van der Waals surface area contributed by atoms with Crippen molar-refractivity contribution in [1.82, 2.24) is 25.3 Å². The third kappa shape index (κ3) is 12.6. The maximum atomic E-state index is 12.1. The fourth-order valence-electron chi connectivity index (χ4n) is 3.21. The number of ether oxygens (including phenoxy) is 2. The van der Waals surface area contributed by atoms with E-state index in [4.69, 9.17) is 9.47 Å². The van der Waals surface area contributed by atoms with Crippen LogP contribution in [0, 0.1) is 5.92 Å². The maximum Gasteiger partial charge on any atom is 0.410 e. The van der Waals surface area contributed by atoms with Gasteiger partial charge in [-0.25, -0.2) is 4.79 Å². The number of rotatable bonds is 9. The Morgan fingerprint density at radius 3 is 2.31 bits per heavy atom. The van der Waals surface area contributed by atoms with Gasteiger partial charge < -0.3 is 29.9 Å². The number of guanidine groups is 1. The topological polar surface area (TPSA) is 98.7 Å². The zero-order chi connectivity index (χ0) is 23.4. The summed E-state index contributed by atoms with van der Waals surface area (Å²) < 4.78 is 10.3. The van der Waals surface area contributed by atoms with Gasteiger partial charge in [0.05, 0.1) is 13.2 Å². The van der Waals surface area contributed by atoms with Crippen molar-refractivity contribution in [1.29, 1.82) is 0 Å². The molecule has 2 N–H and O–H groups in total. The average molecular weight is 571 g/mol. The fraction of sp³-hybridized carbons (Fsp3) is 0.857. The maximum absolute atomic E-state index is 12.1. The molecule has 0 aliphatic carbocycles. The number of nitrogens with zero attached hydrogens (tertiary/aromatic N) is 4. The summed E-state index contributed by atoms with van der Waals surface area (Å²) >= 11 is 0. The molecule has 188 valence electrons. The molecule has 1 unspecified atom stereocenters. The number of carbonyl (C=O) groups is 2. The first-order valence-corrected chi connectivity index (χ1v) is 10.9. The molecule has 1 aliphatic rings. The number of amides is 2. The summed E-state index contributed by atoms with van der Waals surface area (Å²) in [5.74, 6) is 1.10. The van der Waals surface area contributed by atoms with Crippen LogP contribution in [0.15, 0.2) is 4.99 Å². The Morgan fingerprint density at radius 1 is 1.16 bits per heavy atom. The molecule has 0 aromatic rings. The number of nitrogens with one attached hydrogen (secondary N) is 2. The van der Waals surface area contributed by atoms with Gasteiger partial charge in [0.1, 0.15) is 5.60 Å². The number of carbonyl (C=O) groups excluding carboxylic acids is 2. The van der Waals surface area contributed by atoms with E-state index in [2.05, 4.69) is 32.3 Å². The monoisotopic (exact) mass is 570 g/mol. The van der Waals surface area contributed by atoms with Gasteiger partial charge in [0.2, 0.25) is 5.91 Å². The fourth-order valence-corrected chi connectivity index (χ4v) is 3.21. The second-order valence-corrected chi connectivity index (χ2v) is 9.00. The predicted octanol–water partition coefficient (Wildman–Crippen LogP) is 1.06. The first kappa shape index (κ1) is 30.7. The van der Waals surface area contributed by atoms with Crippen LogP contribution in [0.25, 0.3) is 0 Å². The van der Waals surface area contributed by atoms with Crippen molar-refractivity contribution in [2.24, 2.45) is 10.9 Å². The molecule has 1 aliphatic heterocycles. The number of hydrogen-bond acceptors (Lipinski definition) is 6. The third-order valence-corrected chi connectivity index (χ3v) is 4.78. The van der Waals surface area contributed by atoms with Gasteiger partial charge in [0, 0.05) is 67.0 Å². The number of piperazine rings is 1. The van der Waals surface area contributed by atoms with Crippen molar-refractivity contribution < 1.29 is 19.1 Å². The summed E-state index contributed by atoms with van der Waals surface area (Å²) in [5, 5.41) is 6.26. The van der Waals surface area contributed by atoms with Gasteiger partial charge in [0.25, 0.3) is 0 Å². The Labute approximate surface area is 210 Å². The molecule has 0 bridgehead atoms. The lowest BCUT2D eigenvalue weighted by Crippen LogP contribution is -2.54. The lowest BCUT2D eigenvalue weighted by Gasteiger charge is -2.36. The first-order chi connectivity index (χ1) is 14.6. The summed E-state index contributed by atoms with van der Waals surface area (Å²) in [4.78, 5) is 34.4. The lowest BCUT2D eigenvalue weighted by molar-refractivity contribution is -0.122. The van der Waals surface area contributed by atoms with Gasteiger partial charge in [-0.15, -0.1) is 24.0 Å². The van der Waals surface area contributed by atoms with Crippen molar-refractivity contribution in [3.63, 3.8) is 0 Å². The number of methoxy groups -OCH3 is 1. The van der Waals surface area contributed by atoms with Gasteiger partial charge in [-0.05, 0) is 26.7 Å². The molecule has 0 aromatic heterocycles. The van der Waals surface area contributed by atoms with E-state index in [1.807, 2.05) is 20.8 Å². The van der Waals surface area contributed by atoms with E-state index >= 15 is 0 Å². The summed E-state index contributed by atoms with van der Waals surface area (Å²) in [5.41, 5.74) is -0.498. The molecule has 1 saturated heterocycles. The lowest BCUT2D eigenvalue weighted by atomic mass is 10.1. The van der Waals surface area contributed by atoms with Crippen LogP contribution in [-0.4, -0.2) is 118 Å². The number of hydrogen-bond donors (Lipinski definition) is 2. The summed E-state index contributed by atoms with van der Waals surface area (Å²) in [7, 11) is 5.14. The summed E-state index contributed by atoms with van der Waals surface area (Å²) in [6.45, 7) is 13.6. The molecule has 1 rings (SSSR count). The van der Waals surface area contributed by atoms with E-state index in [0.29, 0.717) is 32.8 Å². The zero-order valence-corrected chi connectivity index (χ0v) is 23.1. The summed E-state index contributed by atoms with van der Waals surface area (Å²) in [6.07, 6.45) is -0.314. The predicted molar refractivity (Wildman–Crippen MR) is 138 cm³/mol. The van der Waals surface area contributed by atoms with Crippen molar-refractivity contribution >= 4 is 41.9 Å². The zero-order valence-electron chi connectivity index (χ0n) is 20.8. The Hall–Kier alpha value is -1.34. The normalized spacial score (nSPS) is 16.1. The second kappa shape index (κ2) is 15.5. The highest BCUT2D eigenvalue weighted by Gasteiger charge is 2.23. The van der Waals surface area contributed by atoms with Gasteiger partial charge in [0.15, 0.2) is 5.96 Å². The minimum atomic E-state index is -0.498. The standard InChI is InChI=1S/C21H42N6O4.HI/c1-17(15-25(6)20(29)31-21(2,3)4)14-24-19(22-5)27-11-9-26(10-12-27)16-18(28)23-8-13-30-7;/h17H,8-16H2,1-7H3,(H,22,24)(H,23,28);1H. The average Bonchev–Trinajstić information content (AvgIpc) is 2.68. The van der Waals surface area contributed by atoms with Crippen molar-refractivity contribution in [2.75, 3.05) is 80.2 Å². The van der Waals surface area contributed by atoms with Crippen LogP contribution in [0.3, 0.4) is 0 Å². The molecular weight excluding hydrogens is 527 g/mol. The SMILES string of the molecule is CN=C(NCC(C)CN(C)C(=O)OC(C)(C)C)N1CCN(CC(=O)NCCOC)CC1.I. The van der Waals surface area contributed by atoms with Crippen LogP contribution in [-0.2, 0) is 14.3 Å². The van der Waals surface area contributed by atoms with Gasteiger partial charge in [-0.2, -0.15) is 0 Å². The van der Waals surface area contributed by atoms with Crippen LogP contribution in [0.4, 0.5) is 4.79 Å². The van der Waals surface area contributed by atoms with E-state index in [0.717, 1.165) is 32.1 Å². The number of halogens is 1. The molecule has 10 nitrogen and oxygen atoms in total. The molecule has 0 aromatic carbocycles. The van der Waals surface area contributed by atoms with Crippen molar-refractivity contribution in [3.05, 3.63) is 0 Å². The van der Waals surface area contributed by atoms with Gasteiger partial charge in [-0.3, -0.25) is 14.7 Å². The van der Waals surface area contributed by atoms with E-state index in [1.165, 1.54) is 0 Å². The Morgan fingerprint density at radius 2 is 1.78 bits per heavy atom. The molecule has 0 radical (unpaired) electrons. The van der Waals surface area contributed by atoms with Crippen molar-refractivity contribution in [3.8, 4) is 0 Å². The van der Waals surface area contributed by atoms with E-state index in [1.54, 1.807) is 26.1 Å². The van der Waals surface area contributed by atoms with Crippen LogP contribution in [0.5, 0.6) is 0 Å². The van der Waals surface area contributed by atoms with E-state index in [9.17, 15) is 9.59 Å². The smallest absolute Gasteiger partial charge is 0.410 e. The van der Waals surface area contributed by atoms with Gasteiger partial charge >= 0.3 is 6.09 Å². The molecule has 1 atom stereocenters. The minimum Gasteiger partial charge on any atom is -0.444 e. The molecule has 0 spiro atoms. The minimum absolute atomic E-state index is 0. The van der Waals surface area contributed by atoms with Crippen LogP contribution >= 0.6 is 24.0 Å². The first-order valence-electron chi connectivity index (χ1n) is 10.9. The Balaban J connectivity index is 0.00000961. The Bertz CT molecular complexity index is 591. The molecule has 2 amide bonds. The van der Waals surface area contributed by atoms with Crippen LogP contribution < -0.4 is 10.6 Å². The Kier molecular flexibility index (Phi) is 14.8. The third-order valence-electron chi connectivity index (χ3n) is 4.78. The largest absolute Gasteiger partial charge is 0.444 e. The number of aliphatic imine (C=N–C) groups is 1. The van der Waals surface area contributed by atoms with Crippen LogP contribution in [0.2, 0.25) is 0 Å². The molecule has 11 heteroatoms. The summed E-state index contributed by atoms with van der Waals surface area (Å²) in [6, 6.07) is 0. The quantitative estimate of drug-likeness (QED) is 0.185. The van der Waals surface area contributed by atoms with E-state index in [-0.39, 0.29) is 41.9 Å². The molecule has 0 saturated carbocycles. The van der Waals surface area contributed by atoms with Gasteiger partial charge in [-0.1, -0.05) is 6.92 Å². The molecule has 1 heterocycles. The highest BCUT2D eigenvalue weighted by Crippen LogP contribution is 2.10. The molecule has 32 heavy (non-hydrogen) atoms. The highest BCUT2D eigenvalue weighted by molar-refractivity contribution is 14.0. The van der Waals surface area contributed by atoms with E-state index < -0.39 is 5.60 Å². The molecular formula is C21H43IN6O4.